The molecule has 0 spiro atoms. The van der Waals surface area contributed by atoms with Crippen LogP contribution < -0.4 is 19.5 Å². The highest BCUT2D eigenvalue weighted by atomic mass is 32.2. The standard InChI is InChI=1S/C21H29NO4S/c1-24-18-12-15(13-19(25-2)21(18)26-3)10-11-17(23)14-20(27-4)22-16-8-6-5-7-9-16/h10-14,16,22H,5-9H2,1-4H3/b11-10+,20-14+. The van der Waals surface area contributed by atoms with E-state index in [1.807, 2.05) is 18.4 Å². The van der Waals surface area contributed by atoms with Crippen LogP contribution in [-0.2, 0) is 4.79 Å². The van der Waals surface area contributed by atoms with Gasteiger partial charge in [0.2, 0.25) is 5.75 Å². The summed E-state index contributed by atoms with van der Waals surface area (Å²) in [5, 5.41) is 4.42. The molecule has 0 radical (unpaired) electrons. The Hall–Kier alpha value is -2.08. The lowest BCUT2D eigenvalue weighted by Crippen LogP contribution is -2.29. The largest absolute Gasteiger partial charge is 0.493 e. The van der Waals surface area contributed by atoms with E-state index in [9.17, 15) is 4.79 Å². The van der Waals surface area contributed by atoms with Gasteiger partial charge in [-0.25, -0.2) is 0 Å². The van der Waals surface area contributed by atoms with Gasteiger partial charge < -0.3 is 19.5 Å². The van der Waals surface area contributed by atoms with Crippen molar-refractivity contribution in [2.24, 2.45) is 0 Å². The number of hydrogen-bond donors (Lipinski definition) is 1. The average Bonchev–Trinajstić information content (AvgIpc) is 2.71. The fraction of sp³-hybridized carbons (Fsp3) is 0.476. The highest BCUT2D eigenvalue weighted by molar-refractivity contribution is 8.02. The topological polar surface area (TPSA) is 56.8 Å². The van der Waals surface area contributed by atoms with Gasteiger partial charge in [-0.05, 0) is 42.9 Å². The van der Waals surface area contributed by atoms with Crippen molar-refractivity contribution in [1.82, 2.24) is 5.32 Å². The van der Waals surface area contributed by atoms with E-state index in [-0.39, 0.29) is 5.78 Å². The van der Waals surface area contributed by atoms with E-state index in [4.69, 9.17) is 14.2 Å². The van der Waals surface area contributed by atoms with Crippen LogP contribution in [0.5, 0.6) is 17.2 Å². The lowest BCUT2D eigenvalue weighted by molar-refractivity contribution is -0.110. The Morgan fingerprint density at radius 1 is 1.07 bits per heavy atom. The molecule has 1 saturated carbocycles. The minimum Gasteiger partial charge on any atom is -0.493 e. The molecule has 0 unspecified atom stereocenters. The first-order valence-corrected chi connectivity index (χ1v) is 10.4. The van der Waals surface area contributed by atoms with Crippen molar-refractivity contribution < 1.29 is 19.0 Å². The van der Waals surface area contributed by atoms with Gasteiger partial charge in [-0.15, -0.1) is 11.8 Å². The van der Waals surface area contributed by atoms with Gasteiger partial charge in [-0.1, -0.05) is 25.3 Å². The molecule has 0 saturated heterocycles. The maximum Gasteiger partial charge on any atom is 0.203 e. The van der Waals surface area contributed by atoms with Crippen LogP contribution in [0.1, 0.15) is 37.7 Å². The van der Waals surface area contributed by atoms with Gasteiger partial charge in [-0.3, -0.25) is 4.79 Å². The number of thioether (sulfide) groups is 1. The predicted octanol–water partition coefficient (Wildman–Crippen LogP) is 4.42. The van der Waals surface area contributed by atoms with E-state index in [1.165, 1.54) is 32.1 Å². The van der Waals surface area contributed by atoms with Gasteiger partial charge in [0.25, 0.3) is 0 Å². The third-order valence-electron chi connectivity index (χ3n) is 4.57. The molecule has 1 aromatic rings. The molecule has 0 aliphatic heterocycles. The first-order chi connectivity index (χ1) is 13.1. The monoisotopic (exact) mass is 391 g/mol. The molecule has 0 amide bonds. The Balaban J connectivity index is 2.10. The smallest absolute Gasteiger partial charge is 0.203 e. The van der Waals surface area contributed by atoms with Crippen molar-refractivity contribution in [3.8, 4) is 17.2 Å². The molecule has 0 aromatic heterocycles. The first kappa shape index (κ1) is 21.2. The molecular formula is C21H29NO4S. The zero-order valence-corrected chi connectivity index (χ0v) is 17.4. The van der Waals surface area contributed by atoms with Crippen LogP contribution in [0.4, 0.5) is 0 Å². The van der Waals surface area contributed by atoms with Crippen LogP contribution >= 0.6 is 11.8 Å². The summed E-state index contributed by atoms with van der Waals surface area (Å²) in [5.41, 5.74) is 0.803. The maximum absolute atomic E-state index is 12.4. The number of benzene rings is 1. The van der Waals surface area contributed by atoms with E-state index < -0.39 is 0 Å². The molecule has 1 aliphatic carbocycles. The van der Waals surface area contributed by atoms with Gasteiger partial charge in [0, 0.05) is 12.1 Å². The Kier molecular flexibility index (Phi) is 8.58. The SMILES string of the molecule is COc1cc(/C=C/C(=O)/C=C(\NC2CCCCC2)SC)cc(OC)c1OC. The fourth-order valence-electron chi connectivity index (χ4n) is 3.16. The van der Waals surface area contributed by atoms with Crippen molar-refractivity contribution in [2.75, 3.05) is 27.6 Å². The third-order valence-corrected chi connectivity index (χ3v) is 5.25. The van der Waals surface area contributed by atoms with E-state index in [2.05, 4.69) is 5.32 Å². The summed E-state index contributed by atoms with van der Waals surface area (Å²) in [6, 6.07) is 4.10. The molecule has 1 aliphatic rings. The predicted molar refractivity (Wildman–Crippen MR) is 112 cm³/mol. The number of nitrogens with one attached hydrogen (secondary N) is 1. The number of carbonyl (C=O) groups excluding carboxylic acids is 1. The summed E-state index contributed by atoms with van der Waals surface area (Å²) < 4.78 is 16.0. The molecule has 0 heterocycles. The number of rotatable bonds is 9. The van der Waals surface area contributed by atoms with Gasteiger partial charge >= 0.3 is 0 Å². The second kappa shape index (κ2) is 10.9. The molecule has 148 valence electrons. The molecular weight excluding hydrogens is 362 g/mol. The summed E-state index contributed by atoms with van der Waals surface area (Å²) in [4.78, 5) is 12.4. The number of ketones is 1. The molecule has 0 bridgehead atoms. The van der Waals surface area contributed by atoms with Crippen LogP contribution in [0.25, 0.3) is 6.08 Å². The highest BCUT2D eigenvalue weighted by Crippen LogP contribution is 2.38. The average molecular weight is 392 g/mol. The summed E-state index contributed by atoms with van der Waals surface area (Å²) in [5.74, 6) is 1.59. The Morgan fingerprint density at radius 3 is 2.22 bits per heavy atom. The van der Waals surface area contributed by atoms with Crippen molar-refractivity contribution in [1.29, 1.82) is 0 Å². The summed E-state index contributed by atoms with van der Waals surface area (Å²) in [6.07, 6.45) is 13.1. The molecule has 6 heteroatoms. The van der Waals surface area contributed by atoms with Gasteiger partial charge in [0.1, 0.15) is 0 Å². The Labute approximate surface area is 166 Å². The second-order valence-electron chi connectivity index (χ2n) is 6.39. The van der Waals surface area contributed by atoms with Crippen LogP contribution in [-0.4, -0.2) is 39.4 Å². The lowest BCUT2D eigenvalue weighted by Gasteiger charge is -2.24. The van der Waals surface area contributed by atoms with Crippen molar-refractivity contribution in [3.63, 3.8) is 0 Å². The Bertz CT molecular complexity index is 668. The number of methoxy groups -OCH3 is 3. The van der Waals surface area contributed by atoms with Crippen LogP contribution in [0.15, 0.2) is 29.3 Å². The van der Waals surface area contributed by atoms with Crippen LogP contribution in [0.2, 0.25) is 0 Å². The fourth-order valence-corrected chi connectivity index (χ4v) is 3.68. The molecule has 0 atom stereocenters. The number of carbonyl (C=O) groups is 1. The maximum atomic E-state index is 12.4. The van der Waals surface area contributed by atoms with E-state index >= 15 is 0 Å². The molecule has 2 rings (SSSR count). The zero-order chi connectivity index (χ0) is 19.6. The normalized spacial score (nSPS) is 15.6. The molecule has 1 N–H and O–H groups in total. The van der Waals surface area contributed by atoms with Crippen LogP contribution in [0.3, 0.4) is 0 Å². The van der Waals surface area contributed by atoms with E-state index in [0.29, 0.717) is 23.3 Å². The second-order valence-corrected chi connectivity index (χ2v) is 7.23. The van der Waals surface area contributed by atoms with Crippen molar-refractivity contribution >= 4 is 23.6 Å². The highest BCUT2D eigenvalue weighted by Gasteiger charge is 2.14. The molecule has 5 nitrogen and oxygen atoms in total. The summed E-state index contributed by atoms with van der Waals surface area (Å²) in [7, 11) is 4.70. The third kappa shape index (κ3) is 6.24. The van der Waals surface area contributed by atoms with E-state index in [0.717, 1.165) is 10.6 Å². The molecule has 1 fully saturated rings. The lowest BCUT2D eigenvalue weighted by atomic mass is 9.96. The van der Waals surface area contributed by atoms with Crippen LogP contribution in [0, 0.1) is 0 Å². The van der Waals surface area contributed by atoms with Crippen molar-refractivity contribution in [3.05, 3.63) is 34.9 Å². The zero-order valence-electron chi connectivity index (χ0n) is 16.5. The van der Waals surface area contributed by atoms with Gasteiger partial charge in [0.15, 0.2) is 17.3 Å². The molecule has 27 heavy (non-hydrogen) atoms. The molecule has 1 aromatic carbocycles. The van der Waals surface area contributed by atoms with Gasteiger partial charge in [0.05, 0.1) is 26.4 Å². The number of ether oxygens (including phenoxy) is 3. The van der Waals surface area contributed by atoms with Gasteiger partial charge in [-0.2, -0.15) is 0 Å². The first-order valence-electron chi connectivity index (χ1n) is 9.15. The minimum atomic E-state index is -0.0589. The number of hydrogen-bond acceptors (Lipinski definition) is 6. The summed E-state index contributed by atoms with van der Waals surface area (Å²) >= 11 is 1.57. The summed E-state index contributed by atoms with van der Waals surface area (Å²) in [6.45, 7) is 0. The Morgan fingerprint density at radius 2 is 1.70 bits per heavy atom. The number of allylic oxidation sites excluding steroid dienone is 2. The minimum absolute atomic E-state index is 0.0589. The van der Waals surface area contributed by atoms with E-state index in [1.54, 1.807) is 51.3 Å². The quantitative estimate of drug-likeness (QED) is 0.629. The van der Waals surface area contributed by atoms with Crippen molar-refractivity contribution in [2.45, 2.75) is 38.1 Å².